The van der Waals surface area contributed by atoms with Gasteiger partial charge in [0.1, 0.15) is 0 Å². The number of amides is 3. The van der Waals surface area contributed by atoms with E-state index in [0.717, 1.165) is 13.0 Å². The summed E-state index contributed by atoms with van der Waals surface area (Å²) in [6.45, 7) is 11.2. The molecule has 3 aliphatic rings. The number of hydrogen-bond acceptors (Lipinski definition) is 3. The number of carbonyl (C=O) groups is 2. The van der Waals surface area contributed by atoms with Crippen molar-refractivity contribution in [2.45, 2.75) is 46.2 Å². The molecular formula is C17H29N3O3. The van der Waals surface area contributed by atoms with Gasteiger partial charge in [0.25, 0.3) is 0 Å². The first kappa shape index (κ1) is 16.6. The maximum absolute atomic E-state index is 12.9. The second-order valence-corrected chi connectivity index (χ2v) is 8.26. The summed E-state index contributed by atoms with van der Waals surface area (Å²) in [5, 5.41) is 3.04. The number of likely N-dealkylation sites (tertiary alicyclic amines) is 1. The van der Waals surface area contributed by atoms with E-state index in [1.807, 2.05) is 9.80 Å². The third-order valence-corrected chi connectivity index (χ3v) is 6.66. The molecule has 0 aromatic rings. The van der Waals surface area contributed by atoms with Crippen LogP contribution in [0.4, 0.5) is 4.79 Å². The molecule has 0 aromatic carbocycles. The lowest BCUT2D eigenvalue weighted by molar-refractivity contribution is -0.135. The zero-order valence-electron chi connectivity index (χ0n) is 14.9. The summed E-state index contributed by atoms with van der Waals surface area (Å²) in [7, 11) is 1.64. The summed E-state index contributed by atoms with van der Waals surface area (Å²) in [5.74, 6) is 0.344. The van der Waals surface area contributed by atoms with Crippen LogP contribution in [0, 0.1) is 16.7 Å². The Hall–Kier alpha value is -1.30. The van der Waals surface area contributed by atoms with E-state index in [9.17, 15) is 9.59 Å². The maximum Gasteiger partial charge on any atom is 0.318 e. The molecular weight excluding hydrogens is 294 g/mol. The van der Waals surface area contributed by atoms with Gasteiger partial charge in [-0.25, -0.2) is 4.79 Å². The molecule has 0 aromatic heterocycles. The molecule has 2 atom stereocenters. The number of urea groups is 1. The molecule has 1 aliphatic carbocycles. The fraction of sp³-hybridized carbons (Fsp3) is 0.882. The molecule has 6 nitrogen and oxygen atoms in total. The van der Waals surface area contributed by atoms with E-state index in [1.165, 1.54) is 0 Å². The average Bonchev–Trinajstić information content (AvgIpc) is 2.75. The summed E-state index contributed by atoms with van der Waals surface area (Å²) in [5.41, 5.74) is 0.120. The van der Waals surface area contributed by atoms with E-state index < -0.39 is 0 Å². The highest BCUT2D eigenvalue weighted by molar-refractivity contribution is 5.85. The predicted octanol–water partition coefficient (Wildman–Crippen LogP) is 1.31. The minimum absolute atomic E-state index is 0.0292. The molecule has 6 heteroatoms. The van der Waals surface area contributed by atoms with Crippen LogP contribution in [0.2, 0.25) is 0 Å². The first-order chi connectivity index (χ1) is 10.7. The Morgan fingerprint density at radius 3 is 2.52 bits per heavy atom. The number of nitrogens with zero attached hydrogens (tertiary/aromatic N) is 2. The summed E-state index contributed by atoms with van der Waals surface area (Å²) < 4.78 is 5.09. The Morgan fingerprint density at radius 2 is 1.96 bits per heavy atom. The summed E-state index contributed by atoms with van der Waals surface area (Å²) in [4.78, 5) is 28.8. The minimum atomic E-state index is -0.0292. The number of methoxy groups -OCH3 is 1. The van der Waals surface area contributed by atoms with Crippen molar-refractivity contribution in [3.63, 3.8) is 0 Å². The van der Waals surface area contributed by atoms with Crippen molar-refractivity contribution in [1.29, 1.82) is 0 Å². The molecule has 3 amide bonds. The van der Waals surface area contributed by atoms with Gasteiger partial charge >= 0.3 is 6.03 Å². The number of rotatable bonds is 4. The molecule has 1 N–H and O–H groups in total. The molecule has 2 heterocycles. The van der Waals surface area contributed by atoms with Crippen molar-refractivity contribution in [3.05, 3.63) is 0 Å². The van der Waals surface area contributed by atoms with Gasteiger partial charge in [-0.2, -0.15) is 0 Å². The molecule has 0 bridgehead atoms. The normalized spacial score (nSPS) is 31.8. The van der Waals surface area contributed by atoms with Crippen LogP contribution in [-0.4, -0.2) is 67.2 Å². The van der Waals surface area contributed by atoms with E-state index in [1.54, 1.807) is 7.11 Å². The van der Waals surface area contributed by atoms with Crippen molar-refractivity contribution in [1.82, 2.24) is 15.1 Å². The van der Waals surface area contributed by atoms with Gasteiger partial charge in [0, 0.05) is 32.7 Å². The maximum atomic E-state index is 12.9. The lowest BCUT2D eigenvalue weighted by Crippen LogP contribution is -2.53. The van der Waals surface area contributed by atoms with Gasteiger partial charge in [-0.1, -0.05) is 27.7 Å². The molecule has 23 heavy (non-hydrogen) atoms. The van der Waals surface area contributed by atoms with Crippen LogP contribution >= 0.6 is 0 Å². The van der Waals surface area contributed by atoms with Crippen LogP contribution < -0.4 is 5.32 Å². The Balaban J connectivity index is 1.64. The Bertz CT molecular complexity index is 503. The molecule has 1 saturated carbocycles. The predicted molar refractivity (Wildman–Crippen MR) is 86.9 cm³/mol. The molecule has 0 unspecified atom stereocenters. The van der Waals surface area contributed by atoms with Crippen LogP contribution in [0.15, 0.2) is 0 Å². The van der Waals surface area contributed by atoms with Gasteiger partial charge in [-0.05, 0) is 17.3 Å². The van der Waals surface area contributed by atoms with Crippen LogP contribution in [0.3, 0.4) is 0 Å². The fourth-order valence-corrected chi connectivity index (χ4v) is 4.50. The van der Waals surface area contributed by atoms with Gasteiger partial charge in [0.15, 0.2) is 0 Å². The fourth-order valence-electron chi connectivity index (χ4n) is 4.50. The summed E-state index contributed by atoms with van der Waals surface area (Å²) in [6, 6.07) is 0.197. The zero-order chi connectivity index (χ0) is 17.0. The van der Waals surface area contributed by atoms with Gasteiger partial charge in [0.05, 0.1) is 18.7 Å². The van der Waals surface area contributed by atoms with Gasteiger partial charge in [-0.15, -0.1) is 0 Å². The molecule has 130 valence electrons. The number of nitrogens with one attached hydrogen (secondary N) is 1. The summed E-state index contributed by atoms with van der Waals surface area (Å²) >= 11 is 0. The lowest BCUT2D eigenvalue weighted by Gasteiger charge is -2.37. The minimum Gasteiger partial charge on any atom is -0.383 e. The quantitative estimate of drug-likeness (QED) is 0.848. The standard InChI is InChI=1S/C17H29N3O3/c1-16(2)13(17(16,3)4)14(21)19-7-6-12-11(10-19)18-15(22)20(12)8-9-23-5/h11-13H,6-10H2,1-5H3,(H,18,22)/t11-,12+/m1/s1. The average molecular weight is 323 g/mol. The zero-order valence-corrected chi connectivity index (χ0v) is 14.9. The SMILES string of the molecule is COCCN1C(=O)N[C@@H]2CN(C(=O)C3C(C)(C)C3(C)C)CC[C@@H]21. The number of hydrogen-bond donors (Lipinski definition) is 1. The third-order valence-electron chi connectivity index (χ3n) is 6.66. The van der Waals surface area contributed by atoms with Crippen molar-refractivity contribution < 1.29 is 14.3 Å². The Kier molecular flexibility index (Phi) is 3.86. The van der Waals surface area contributed by atoms with E-state index in [0.29, 0.717) is 19.7 Å². The smallest absolute Gasteiger partial charge is 0.318 e. The largest absolute Gasteiger partial charge is 0.383 e. The van der Waals surface area contributed by atoms with E-state index in [2.05, 4.69) is 33.0 Å². The first-order valence-corrected chi connectivity index (χ1v) is 8.56. The molecule has 3 fully saturated rings. The number of ether oxygens (including phenoxy) is 1. The highest BCUT2D eigenvalue weighted by atomic mass is 16.5. The second kappa shape index (κ2) is 5.36. The van der Waals surface area contributed by atoms with Crippen molar-refractivity contribution in [2.24, 2.45) is 16.7 Å². The number of carbonyl (C=O) groups excluding carboxylic acids is 2. The van der Waals surface area contributed by atoms with Gasteiger partial charge in [-0.3, -0.25) is 4.79 Å². The molecule has 0 spiro atoms. The van der Waals surface area contributed by atoms with Crippen LogP contribution in [0.25, 0.3) is 0 Å². The van der Waals surface area contributed by atoms with Crippen molar-refractivity contribution in [3.8, 4) is 0 Å². The van der Waals surface area contributed by atoms with Crippen LogP contribution in [0.1, 0.15) is 34.1 Å². The van der Waals surface area contributed by atoms with Crippen molar-refractivity contribution in [2.75, 3.05) is 33.4 Å². The number of piperidine rings is 1. The Labute approximate surface area is 138 Å². The van der Waals surface area contributed by atoms with Crippen LogP contribution in [0.5, 0.6) is 0 Å². The lowest BCUT2D eigenvalue weighted by atomic mass is 9.98. The first-order valence-electron chi connectivity index (χ1n) is 8.56. The van der Waals surface area contributed by atoms with E-state index in [4.69, 9.17) is 4.74 Å². The highest BCUT2D eigenvalue weighted by Gasteiger charge is 2.69. The van der Waals surface area contributed by atoms with Gasteiger partial charge in [0.2, 0.25) is 5.91 Å². The van der Waals surface area contributed by atoms with E-state index in [-0.39, 0.29) is 40.8 Å². The van der Waals surface area contributed by atoms with Gasteiger partial charge < -0.3 is 19.9 Å². The topological polar surface area (TPSA) is 61.9 Å². The molecule has 2 saturated heterocycles. The van der Waals surface area contributed by atoms with Crippen LogP contribution in [-0.2, 0) is 9.53 Å². The van der Waals surface area contributed by atoms with E-state index >= 15 is 0 Å². The second-order valence-electron chi connectivity index (χ2n) is 8.26. The number of fused-ring (bicyclic) bond motifs is 1. The highest BCUT2D eigenvalue weighted by Crippen LogP contribution is 2.68. The summed E-state index contributed by atoms with van der Waals surface area (Å²) in [6.07, 6.45) is 0.840. The van der Waals surface area contributed by atoms with Crippen molar-refractivity contribution >= 4 is 11.9 Å². The third kappa shape index (κ3) is 2.42. The molecule has 2 aliphatic heterocycles. The Morgan fingerprint density at radius 1 is 1.30 bits per heavy atom. The monoisotopic (exact) mass is 323 g/mol. The molecule has 3 rings (SSSR count). The molecule has 0 radical (unpaired) electrons.